The molecule has 0 aliphatic heterocycles. The molecule has 1 atom stereocenters. The van der Waals surface area contributed by atoms with Crippen LogP contribution in [0.3, 0.4) is 0 Å². The number of thioether (sulfide) groups is 1. The van der Waals surface area contributed by atoms with Gasteiger partial charge < -0.3 is 5.32 Å². The number of carbonyl (C=O) groups excluding carboxylic acids is 1. The fraction of sp³-hybridized carbons (Fsp3) is 0.381. The van der Waals surface area contributed by atoms with E-state index in [-0.39, 0.29) is 11.9 Å². The van der Waals surface area contributed by atoms with E-state index in [4.69, 9.17) is 11.6 Å². The second kappa shape index (κ2) is 8.77. The molecule has 0 saturated heterocycles. The second-order valence-corrected chi connectivity index (χ2v) is 8.00. The maximum atomic E-state index is 12.2. The van der Waals surface area contributed by atoms with E-state index in [1.165, 1.54) is 36.0 Å². The van der Waals surface area contributed by atoms with Crippen LogP contribution in [0.4, 0.5) is 0 Å². The quantitative estimate of drug-likeness (QED) is 0.741. The third-order valence-corrected chi connectivity index (χ3v) is 6.05. The summed E-state index contributed by atoms with van der Waals surface area (Å²) in [5, 5.41) is 3.87. The summed E-state index contributed by atoms with van der Waals surface area (Å²) in [5.41, 5.74) is 5.21. The second-order valence-electron chi connectivity index (χ2n) is 6.61. The van der Waals surface area contributed by atoms with E-state index in [1.54, 1.807) is 11.8 Å². The molecular formula is C21H24ClNOS. The van der Waals surface area contributed by atoms with Crippen LogP contribution in [0.15, 0.2) is 42.5 Å². The van der Waals surface area contributed by atoms with Crippen molar-refractivity contribution in [2.75, 3.05) is 5.75 Å². The Morgan fingerprint density at radius 3 is 2.72 bits per heavy atom. The molecule has 2 nitrogen and oxygen atoms in total. The number of hydrogen-bond donors (Lipinski definition) is 1. The number of benzene rings is 2. The van der Waals surface area contributed by atoms with Crippen molar-refractivity contribution in [2.45, 2.75) is 44.4 Å². The standard InChI is InChI=1S/C21H24ClNOS/c1-15(17-11-10-16-6-2-3-7-18(16)12-17)23-21(24)14-25-13-19-8-4-5-9-20(19)22/h4-5,8-12,15H,2-3,6-7,13-14H2,1H3,(H,23,24)/t15-/m0/s1. The van der Waals surface area contributed by atoms with Crippen LogP contribution in [-0.4, -0.2) is 11.7 Å². The molecule has 3 rings (SSSR count). The normalized spacial score (nSPS) is 14.6. The number of hydrogen-bond acceptors (Lipinski definition) is 2. The number of aryl methyl sites for hydroxylation is 2. The lowest BCUT2D eigenvalue weighted by atomic mass is 9.89. The number of fused-ring (bicyclic) bond motifs is 1. The lowest BCUT2D eigenvalue weighted by molar-refractivity contribution is -0.119. The van der Waals surface area contributed by atoms with Crippen LogP contribution in [-0.2, 0) is 23.4 Å². The molecule has 2 aromatic carbocycles. The number of carbonyl (C=O) groups is 1. The summed E-state index contributed by atoms with van der Waals surface area (Å²) in [6, 6.07) is 14.5. The van der Waals surface area contributed by atoms with Crippen LogP contribution < -0.4 is 5.32 Å². The van der Waals surface area contributed by atoms with Crippen molar-refractivity contribution in [1.82, 2.24) is 5.32 Å². The fourth-order valence-electron chi connectivity index (χ4n) is 3.26. The van der Waals surface area contributed by atoms with Gasteiger partial charge in [0.25, 0.3) is 0 Å². The van der Waals surface area contributed by atoms with E-state index in [0.717, 1.165) is 22.8 Å². The summed E-state index contributed by atoms with van der Waals surface area (Å²) in [7, 11) is 0. The molecule has 0 fully saturated rings. The van der Waals surface area contributed by atoms with Crippen LogP contribution >= 0.6 is 23.4 Å². The third kappa shape index (κ3) is 5.02. The molecule has 0 spiro atoms. The molecule has 0 radical (unpaired) electrons. The largest absolute Gasteiger partial charge is 0.349 e. The zero-order valence-corrected chi connectivity index (χ0v) is 16.1. The van der Waals surface area contributed by atoms with Crippen LogP contribution in [0.5, 0.6) is 0 Å². The molecule has 0 saturated carbocycles. The molecule has 0 heterocycles. The van der Waals surface area contributed by atoms with Crippen LogP contribution in [0.25, 0.3) is 0 Å². The Kier molecular flexibility index (Phi) is 6.44. The van der Waals surface area contributed by atoms with Gasteiger partial charge >= 0.3 is 0 Å². The maximum Gasteiger partial charge on any atom is 0.230 e. The number of halogens is 1. The third-order valence-electron chi connectivity index (χ3n) is 4.70. The van der Waals surface area contributed by atoms with Crippen molar-refractivity contribution in [3.8, 4) is 0 Å². The Morgan fingerprint density at radius 2 is 1.92 bits per heavy atom. The summed E-state index contributed by atoms with van der Waals surface area (Å²) in [4.78, 5) is 12.2. The molecule has 132 valence electrons. The Morgan fingerprint density at radius 1 is 1.16 bits per heavy atom. The van der Waals surface area contributed by atoms with Gasteiger partial charge in [0, 0.05) is 10.8 Å². The smallest absolute Gasteiger partial charge is 0.230 e. The highest BCUT2D eigenvalue weighted by Gasteiger charge is 2.14. The van der Waals surface area contributed by atoms with E-state index < -0.39 is 0 Å². The van der Waals surface area contributed by atoms with E-state index in [9.17, 15) is 4.79 Å². The molecule has 1 aliphatic carbocycles. The Balaban J connectivity index is 1.50. The minimum absolute atomic E-state index is 0.0423. The molecule has 1 amide bonds. The minimum atomic E-state index is 0.0423. The molecule has 0 aromatic heterocycles. The molecule has 2 aromatic rings. The van der Waals surface area contributed by atoms with Crippen molar-refractivity contribution in [1.29, 1.82) is 0 Å². The molecule has 0 bridgehead atoms. The lowest BCUT2D eigenvalue weighted by Gasteiger charge is -2.20. The molecule has 1 N–H and O–H groups in total. The van der Waals surface area contributed by atoms with Gasteiger partial charge in [0.2, 0.25) is 5.91 Å². The zero-order valence-electron chi connectivity index (χ0n) is 14.6. The average Bonchev–Trinajstić information content (AvgIpc) is 2.63. The predicted octanol–water partition coefficient (Wildman–Crippen LogP) is 5.33. The van der Waals surface area contributed by atoms with Crippen LogP contribution in [0.2, 0.25) is 5.02 Å². The van der Waals surface area contributed by atoms with Crippen LogP contribution in [0, 0.1) is 0 Å². The SMILES string of the molecule is C[C@H](NC(=O)CSCc1ccccc1Cl)c1ccc2c(c1)CCCC2. The highest BCUT2D eigenvalue weighted by atomic mass is 35.5. The summed E-state index contributed by atoms with van der Waals surface area (Å²) in [6.07, 6.45) is 4.92. The zero-order chi connectivity index (χ0) is 17.6. The van der Waals surface area contributed by atoms with Gasteiger partial charge in [-0.05, 0) is 60.9 Å². The topological polar surface area (TPSA) is 29.1 Å². The summed E-state index contributed by atoms with van der Waals surface area (Å²) < 4.78 is 0. The van der Waals surface area contributed by atoms with Gasteiger partial charge in [-0.2, -0.15) is 0 Å². The first kappa shape index (κ1) is 18.3. The fourth-order valence-corrected chi connectivity index (χ4v) is 4.38. The van der Waals surface area contributed by atoms with Gasteiger partial charge in [0.1, 0.15) is 0 Å². The summed E-state index contributed by atoms with van der Waals surface area (Å²) in [5.74, 6) is 1.27. The van der Waals surface area contributed by atoms with Gasteiger partial charge in [-0.25, -0.2) is 0 Å². The lowest BCUT2D eigenvalue weighted by Crippen LogP contribution is -2.28. The van der Waals surface area contributed by atoms with Crippen LogP contribution in [0.1, 0.15) is 48.1 Å². The Labute approximate surface area is 159 Å². The van der Waals surface area contributed by atoms with Crippen molar-refractivity contribution in [3.63, 3.8) is 0 Å². The molecule has 1 aliphatic rings. The van der Waals surface area contributed by atoms with Crippen molar-refractivity contribution in [2.24, 2.45) is 0 Å². The Hall–Kier alpha value is -1.45. The average molecular weight is 374 g/mol. The number of nitrogens with one attached hydrogen (secondary N) is 1. The number of amides is 1. The number of rotatable bonds is 6. The first-order valence-corrected chi connectivity index (χ1v) is 10.4. The minimum Gasteiger partial charge on any atom is -0.349 e. The van der Waals surface area contributed by atoms with Crippen molar-refractivity contribution in [3.05, 3.63) is 69.7 Å². The summed E-state index contributed by atoms with van der Waals surface area (Å²) in [6.45, 7) is 2.06. The molecule has 4 heteroatoms. The maximum absolute atomic E-state index is 12.2. The molecular weight excluding hydrogens is 350 g/mol. The van der Waals surface area contributed by atoms with E-state index in [2.05, 4.69) is 30.4 Å². The van der Waals surface area contributed by atoms with Gasteiger partial charge in [-0.3, -0.25) is 4.79 Å². The van der Waals surface area contributed by atoms with Gasteiger partial charge in [0.15, 0.2) is 0 Å². The monoisotopic (exact) mass is 373 g/mol. The first-order chi connectivity index (χ1) is 12.1. The van der Waals surface area contributed by atoms with E-state index >= 15 is 0 Å². The molecule has 0 unspecified atom stereocenters. The van der Waals surface area contributed by atoms with E-state index in [1.807, 2.05) is 24.3 Å². The highest BCUT2D eigenvalue weighted by molar-refractivity contribution is 7.99. The van der Waals surface area contributed by atoms with Crippen molar-refractivity contribution < 1.29 is 4.79 Å². The predicted molar refractivity (Wildman–Crippen MR) is 107 cm³/mol. The van der Waals surface area contributed by atoms with Gasteiger partial charge in [-0.15, -0.1) is 11.8 Å². The summed E-state index contributed by atoms with van der Waals surface area (Å²) >= 11 is 7.74. The molecule has 25 heavy (non-hydrogen) atoms. The van der Waals surface area contributed by atoms with E-state index in [0.29, 0.717) is 5.75 Å². The Bertz CT molecular complexity index is 746. The van der Waals surface area contributed by atoms with Gasteiger partial charge in [-0.1, -0.05) is 48.0 Å². The highest BCUT2D eigenvalue weighted by Crippen LogP contribution is 2.25. The van der Waals surface area contributed by atoms with Crippen molar-refractivity contribution >= 4 is 29.3 Å². The first-order valence-electron chi connectivity index (χ1n) is 8.85. The van der Waals surface area contributed by atoms with Gasteiger partial charge in [0.05, 0.1) is 11.8 Å².